The first-order chi connectivity index (χ1) is 16.6. The molecule has 0 fully saturated rings. The predicted octanol–water partition coefficient (Wildman–Crippen LogP) is 7.35. The quantitative estimate of drug-likeness (QED) is 0.169. The Morgan fingerprint density at radius 1 is 0.824 bits per heavy atom. The molecule has 1 N–H and O–H groups in total. The minimum absolute atomic E-state index is 0.134. The molecule has 0 bridgehead atoms. The minimum Gasteiger partial charge on any atom is -0.179 e. The molecular formula is C29H30Cl2NSiTi-2. The molecule has 1 radical (unpaired) electrons. The summed E-state index contributed by atoms with van der Waals surface area (Å²) in [4.78, 5) is 0. The molecule has 175 valence electrons. The van der Waals surface area contributed by atoms with E-state index in [1.54, 1.807) is 0 Å². The maximum Gasteiger partial charge on any atom is 0.103 e. The van der Waals surface area contributed by atoms with Gasteiger partial charge in [-0.25, -0.2) is 0 Å². The molecule has 5 heteroatoms. The maximum absolute atomic E-state index is 6.83. The van der Waals surface area contributed by atoms with Crippen LogP contribution >= 0.6 is 18.6 Å². The van der Waals surface area contributed by atoms with Crippen LogP contribution in [0.3, 0.4) is 0 Å². The van der Waals surface area contributed by atoms with Crippen molar-refractivity contribution >= 4 is 38.5 Å². The number of benzene rings is 4. The van der Waals surface area contributed by atoms with Gasteiger partial charge in [0.2, 0.25) is 0 Å². The van der Waals surface area contributed by atoms with E-state index in [0.29, 0.717) is 0 Å². The number of halogens is 2. The van der Waals surface area contributed by atoms with Crippen molar-refractivity contribution in [1.82, 2.24) is 0 Å². The Morgan fingerprint density at radius 3 is 1.82 bits per heavy atom. The van der Waals surface area contributed by atoms with Crippen LogP contribution in [0.2, 0.25) is 0 Å². The van der Waals surface area contributed by atoms with Gasteiger partial charge in [-0.1, -0.05) is 127 Å². The van der Waals surface area contributed by atoms with E-state index in [1.165, 1.54) is 32.6 Å². The molecule has 0 heterocycles. The van der Waals surface area contributed by atoms with Crippen molar-refractivity contribution in [3.05, 3.63) is 126 Å². The molecule has 1 atom stereocenters. The van der Waals surface area contributed by atoms with Crippen LogP contribution in [0.15, 0.2) is 103 Å². The molecule has 5 rings (SSSR count). The molecule has 4 aromatic carbocycles. The van der Waals surface area contributed by atoms with Gasteiger partial charge in [-0.2, -0.15) is 29.8 Å². The van der Waals surface area contributed by atoms with Crippen LogP contribution in [-0.4, -0.2) is 15.6 Å². The van der Waals surface area contributed by atoms with E-state index >= 15 is 0 Å². The van der Waals surface area contributed by atoms with E-state index in [-0.39, 0.29) is 15.6 Å². The van der Waals surface area contributed by atoms with Crippen molar-refractivity contribution < 1.29 is 17.0 Å². The Morgan fingerprint density at radius 2 is 1.29 bits per heavy atom. The largest absolute Gasteiger partial charge is 0.179 e. The third-order valence-electron chi connectivity index (χ3n) is 5.16. The molecule has 0 saturated heterocycles. The summed E-state index contributed by atoms with van der Waals surface area (Å²) < 4.78 is 0. The summed E-state index contributed by atoms with van der Waals surface area (Å²) >= 11 is -0.556. The van der Waals surface area contributed by atoms with Gasteiger partial charge in [0.1, 0.15) is 9.52 Å². The second-order valence-corrected chi connectivity index (χ2v) is 11.9. The Kier molecular flexibility index (Phi) is 14.2. The Balaban J connectivity index is 0.000000185. The summed E-state index contributed by atoms with van der Waals surface area (Å²) in [5, 5.41) is 2.90. The van der Waals surface area contributed by atoms with Crippen LogP contribution < -0.4 is 10.4 Å². The number of nitrogens with one attached hydrogen (secondary N) is 1. The molecule has 1 aliphatic carbocycles. The molecule has 0 saturated carbocycles. The fourth-order valence-electron chi connectivity index (χ4n) is 3.29. The van der Waals surface area contributed by atoms with Gasteiger partial charge >= 0.3 is 35.6 Å². The van der Waals surface area contributed by atoms with E-state index in [4.69, 9.17) is 24.3 Å². The summed E-state index contributed by atoms with van der Waals surface area (Å²) in [6.07, 6.45) is 2.02. The molecule has 1 nitrogen and oxygen atoms in total. The zero-order chi connectivity index (χ0) is 24.6. The van der Waals surface area contributed by atoms with Crippen LogP contribution in [0.1, 0.15) is 31.4 Å². The van der Waals surface area contributed by atoms with Crippen molar-refractivity contribution in [2.45, 2.75) is 32.7 Å². The van der Waals surface area contributed by atoms with Gasteiger partial charge in [-0.3, -0.25) is 0 Å². The maximum atomic E-state index is 6.83. The fourth-order valence-corrected chi connectivity index (χ4v) is 4.50. The molecule has 1 aliphatic rings. The molecule has 4 aromatic rings. The SMILES string of the molecule is CCC(C)[NH-].[Cl][Ti][Cl].[c-]1cccc2c1Cc1ccccc1-2.c1ccc([SiH]c2ccccc2)cc1. The second kappa shape index (κ2) is 16.9. The van der Waals surface area contributed by atoms with E-state index in [1.807, 2.05) is 19.9 Å². The average molecular weight is 539 g/mol. The first kappa shape index (κ1) is 28.6. The van der Waals surface area contributed by atoms with Gasteiger partial charge in [0.15, 0.2) is 0 Å². The Hall–Kier alpha value is -1.65. The second-order valence-electron chi connectivity index (χ2n) is 7.74. The van der Waals surface area contributed by atoms with Crippen LogP contribution in [0.25, 0.3) is 16.9 Å². The van der Waals surface area contributed by atoms with E-state index in [9.17, 15) is 0 Å². The van der Waals surface area contributed by atoms with Gasteiger partial charge < -0.3 is 5.73 Å². The first-order valence-electron chi connectivity index (χ1n) is 11.3. The molecule has 0 aromatic heterocycles. The monoisotopic (exact) mass is 538 g/mol. The van der Waals surface area contributed by atoms with Crippen molar-refractivity contribution in [1.29, 1.82) is 0 Å². The van der Waals surface area contributed by atoms with E-state index in [0.717, 1.165) is 12.8 Å². The van der Waals surface area contributed by atoms with Crippen molar-refractivity contribution in [3.63, 3.8) is 0 Å². The Labute approximate surface area is 224 Å². The van der Waals surface area contributed by atoms with Crippen LogP contribution in [0.4, 0.5) is 0 Å². The average Bonchev–Trinajstić information content (AvgIpc) is 3.25. The summed E-state index contributed by atoms with van der Waals surface area (Å²) in [6.45, 7) is 3.90. The third kappa shape index (κ3) is 10.3. The minimum atomic E-state index is -0.556. The molecule has 34 heavy (non-hydrogen) atoms. The normalized spacial score (nSPS) is 11.1. The summed E-state index contributed by atoms with van der Waals surface area (Å²) in [5.41, 5.74) is 12.3. The zero-order valence-corrected chi connectivity index (χ0v) is 23.9. The van der Waals surface area contributed by atoms with Crippen molar-refractivity contribution in [3.8, 4) is 11.1 Å². The first-order valence-corrected chi connectivity index (χ1v) is 16.7. The standard InChI is InChI=1S/C13H9.C12H11Si.C4H10N.2ClH.Ti/c1-3-7-12-10(5-1)9-11-6-2-4-8-13(11)12;1-3-7-11(8-4-1)13-12-9-5-2-6-10-12;1-3-4(2)5;;;/h1-5,7-8H,9H2;1-10,13H;4-5H,3H2,1-2H3;2*1H;/q-1;;-1;;;+2/p-2. The molecule has 0 aliphatic heterocycles. The number of rotatable bonds is 3. The third-order valence-corrected chi connectivity index (χ3v) is 6.60. The number of hydrogen-bond acceptors (Lipinski definition) is 0. The van der Waals surface area contributed by atoms with Gasteiger partial charge in [0, 0.05) is 0 Å². The fraction of sp³-hybridized carbons (Fsp3) is 0.172. The number of fused-ring (bicyclic) bond motifs is 3. The van der Waals surface area contributed by atoms with Gasteiger partial charge in [0.25, 0.3) is 0 Å². The molecule has 0 amide bonds. The van der Waals surface area contributed by atoms with Crippen LogP contribution in [0.5, 0.6) is 0 Å². The van der Waals surface area contributed by atoms with E-state index in [2.05, 4.69) is 103 Å². The van der Waals surface area contributed by atoms with Gasteiger partial charge in [-0.15, -0.1) is 11.6 Å². The topological polar surface area (TPSA) is 23.8 Å². The van der Waals surface area contributed by atoms with Gasteiger partial charge in [0.05, 0.1) is 0 Å². The molecule has 1 unspecified atom stereocenters. The van der Waals surface area contributed by atoms with Crippen molar-refractivity contribution in [2.75, 3.05) is 0 Å². The Bertz CT molecular complexity index is 994. The molecular weight excluding hydrogens is 509 g/mol. The summed E-state index contributed by atoms with van der Waals surface area (Å²) in [5.74, 6) is 0. The van der Waals surface area contributed by atoms with Gasteiger partial charge in [-0.05, 0) is 6.42 Å². The predicted molar refractivity (Wildman–Crippen MR) is 149 cm³/mol. The summed E-state index contributed by atoms with van der Waals surface area (Å²) in [6, 6.07) is 39.6. The van der Waals surface area contributed by atoms with Crippen LogP contribution in [0, 0.1) is 6.07 Å². The van der Waals surface area contributed by atoms with Crippen LogP contribution in [-0.2, 0) is 23.5 Å². The number of hydrogen-bond donors (Lipinski definition) is 0. The molecule has 0 spiro atoms. The summed E-state index contributed by atoms with van der Waals surface area (Å²) in [7, 11) is 10.0. The van der Waals surface area contributed by atoms with E-state index < -0.39 is 17.0 Å². The smallest absolute Gasteiger partial charge is 0.103 e. The van der Waals surface area contributed by atoms with Crippen molar-refractivity contribution in [2.24, 2.45) is 0 Å². The zero-order valence-electron chi connectivity index (χ0n) is 19.6.